The van der Waals surface area contributed by atoms with Crippen molar-refractivity contribution in [2.24, 2.45) is 0 Å². The Hall–Kier alpha value is -2.69. The van der Waals surface area contributed by atoms with Crippen LogP contribution < -0.4 is 5.32 Å². The van der Waals surface area contributed by atoms with Gasteiger partial charge >= 0.3 is 0 Å². The molecular weight excluding hydrogens is 374 g/mol. The van der Waals surface area contributed by atoms with Gasteiger partial charge in [0.15, 0.2) is 0 Å². The average Bonchev–Trinajstić information content (AvgIpc) is 2.70. The van der Waals surface area contributed by atoms with E-state index in [1.807, 2.05) is 0 Å². The van der Waals surface area contributed by atoms with E-state index in [9.17, 15) is 13.2 Å². The first-order valence-corrected chi connectivity index (χ1v) is 10.9. The van der Waals surface area contributed by atoms with Gasteiger partial charge in [-0.15, -0.1) is 0 Å². The fraction of sp³-hybridized carbons (Fsp3) is 0.333. The van der Waals surface area contributed by atoms with E-state index in [1.165, 1.54) is 0 Å². The number of carbonyl (C=O) groups is 1. The zero-order valence-corrected chi connectivity index (χ0v) is 16.4. The van der Waals surface area contributed by atoms with Gasteiger partial charge in [-0.2, -0.15) is 5.26 Å². The molecule has 3 rings (SSSR count). The molecule has 0 bridgehead atoms. The summed E-state index contributed by atoms with van der Waals surface area (Å²) >= 11 is 0. The van der Waals surface area contributed by atoms with Gasteiger partial charge in [-0.05, 0) is 48.2 Å². The first-order valence-electron chi connectivity index (χ1n) is 9.32. The van der Waals surface area contributed by atoms with Crippen molar-refractivity contribution < 1.29 is 13.2 Å². The van der Waals surface area contributed by atoms with Crippen LogP contribution in [0.3, 0.4) is 0 Å². The number of nitrogens with zero attached hydrogens (tertiary/aromatic N) is 2. The Kier molecular flexibility index (Phi) is 6.45. The summed E-state index contributed by atoms with van der Waals surface area (Å²) in [7, 11) is -3.32. The molecule has 6 nitrogen and oxygen atoms in total. The fourth-order valence-corrected chi connectivity index (χ4v) is 4.81. The number of nitriles is 1. The minimum atomic E-state index is -3.32. The number of rotatable bonds is 6. The van der Waals surface area contributed by atoms with Crippen LogP contribution in [0.1, 0.15) is 40.7 Å². The Bertz CT molecular complexity index is 955. The lowest BCUT2D eigenvalue weighted by molar-refractivity contribution is 0.102. The molecule has 1 amide bonds. The van der Waals surface area contributed by atoms with Crippen molar-refractivity contribution in [1.29, 1.82) is 5.26 Å². The van der Waals surface area contributed by atoms with Gasteiger partial charge in [0.05, 0.1) is 18.2 Å². The van der Waals surface area contributed by atoms with Gasteiger partial charge in [-0.3, -0.25) is 4.79 Å². The molecule has 1 aliphatic rings. The molecule has 0 spiro atoms. The zero-order valence-electron chi connectivity index (χ0n) is 15.6. The topological polar surface area (TPSA) is 90.3 Å². The van der Waals surface area contributed by atoms with Crippen LogP contribution in [0.15, 0.2) is 48.5 Å². The van der Waals surface area contributed by atoms with Gasteiger partial charge in [-0.1, -0.05) is 30.7 Å². The SMILES string of the molecule is N#CCc1ccc(NC(=O)c2ccc(CS(=O)(=O)N3CCCCC3)cc2)cc1. The second-order valence-corrected chi connectivity index (χ2v) is 8.87. The molecule has 0 unspecified atom stereocenters. The number of benzene rings is 2. The molecular formula is C21H23N3O3S. The number of sulfonamides is 1. The van der Waals surface area contributed by atoms with E-state index in [2.05, 4.69) is 11.4 Å². The lowest BCUT2D eigenvalue weighted by Gasteiger charge is -2.25. The predicted octanol–water partition coefficient (Wildman–Crippen LogP) is 3.32. The minimum absolute atomic E-state index is 0.0464. The number of hydrogen-bond donors (Lipinski definition) is 1. The third-order valence-corrected chi connectivity index (χ3v) is 6.62. The van der Waals surface area contributed by atoms with Gasteiger partial charge in [0.1, 0.15) is 0 Å². The summed E-state index contributed by atoms with van der Waals surface area (Å²) in [5, 5.41) is 11.5. The van der Waals surface area contributed by atoms with Crippen molar-refractivity contribution in [2.45, 2.75) is 31.4 Å². The van der Waals surface area contributed by atoms with Crippen LogP contribution in [0.4, 0.5) is 5.69 Å². The molecule has 146 valence electrons. The third kappa shape index (κ3) is 5.18. The molecule has 1 fully saturated rings. The second kappa shape index (κ2) is 9.00. The zero-order chi connectivity index (χ0) is 20.0. The lowest BCUT2D eigenvalue weighted by Crippen LogP contribution is -2.36. The van der Waals surface area contributed by atoms with Crippen LogP contribution >= 0.6 is 0 Å². The molecule has 0 aromatic heterocycles. The average molecular weight is 398 g/mol. The predicted molar refractivity (Wildman–Crippen MR) is 108 cm³/mol. The highest BCUT2D eigenvalue weighted by atomic mass is 32.2. The number of amides is 1. The van der Waals surface area contributed by atoms with E-state index >= 15 is 0 Å². The monoisotopic (exact) mass is 397 g/mol. The lowest BCUT2D eigenvalue weighted by atomic mass is 10.1. The number of nitrogens with one attached hydrogen (secondary N) is 1. The first kappa shape index (κ1) is 20.1. The van der Waals surface area contributed by atoms with Crippen LogP contribution in [0, 0.1) is 11.3 Å². The van der Waals surface area contributed by atoms with E-state index in [-0.39, 0.29) is 11.7 Å². The summed E-state index contributed by atoms with van der Waals surface area (Å²) in [6.07, 6.45) is 3.23. The maximum absolute atomic E-state index is 12.5. The fourth-order valence-electron chi connectivity index (χ4n) is 3.20. The van der Waals surface area contributed by atoms with Crippen LogP contribution in [0.5, 0.6) is 0 Å². The van der Waals surface area contributed by atoms with Crippen molar-refractivity contribution >= 4 is 21.6 Å². The van der Waals surface area contributed by atoms with Crippen LogP contribution in [-0.2, 0) is 22.2 Å². The second-order valence-electron chi connectivity index (χ2n) is 6.90. The van der Waals surface area contributed by atoms with E-state index in [0.29, 0.717) is 36.3 Å². The Labute approximate surface area is 165 Å². The van der Waals surface area contributed by atoms with Gasteiger partial charge in [0, 0.05) is 24.3 Å². The molecule has 1 heterocycles. The molecule has 2 aromatic rings. The largest absolute Gasteiger partial charge is 0.322 e. The minimum Gasteiger partial charge on any atom is -0.322 e. The molecule has 0 aliphatic carbocycles. The molecule has 28 heavy (non-hydrogen) atoms. The van der Waals surface area contributed by atoms with Crippen molar-refractivity contribution in [3.63, 3.8) is 0 Å². The molecule has 1 aliphatic heterocycles. The summed E-state index contributed by atoms with van der Waals surface area (Å²) < 4.78 is 26.6. The maximum atomic E-state index is 12.5. The van der Waals surface area contributed by atoms with Gasteiger partial charge in [0.25, 0.3) is 5.91 Å². The molecule has 2 aromatic carbocycles. The van der Waals surface area contributed by atoms with Crippen LogP contribution in [0.2, 0.25) is 0 Å². The Morgan fingerprint density at radius 2 is 1.57 bits per heavy atom. The normalized spacial score (nSPS) is 15.0. The van der Waals surface area contributed by atoms with E-state index in [0.717, 1.165) is 24.8 Å². The molecule has 0 atom stereocenters. The first-order chi connectivity index (χ1) is 13.5. The van der Waals surface area contributed by atoms with E-state index < -0.39 is 10.0 Å². The highest BCUT2D eigenvalue weighted by Gasteiger charge is 2.24. The summed E-state index contributed by atoms with van der Waals surface area (Å²) in [6, 6.07) is 15.8. The highest BCUT2D eigenvalue weighted by Crippen LogP contribution is 2.18. The van der Waals surface area contributed by atoms with Gasteiger partial charge < -0.3 is 5.32 Å². The van der Waals surface area contributed by atoms with Crippen molar-refractivity contribution in [3.05, 3.63) is 65.2 Å². The number of hydrogen-bond acceptors (Lipinski definition) is 4. The van der Waals surface area contributed by atoms with Gasteiger partial charge in [-0.25, -0.2) is 12.7 Å². The van der Waals surface area contributed by atoms with Crippen LogP contribution in [-0.4, -0.2) is 31.7 Å². The number of carbonyl (C=O) groups excluding carboxylic acids is 1. The van der Waals surface area contributed by atoms with Crippen molar-refractivity contribution in [1.82, 2.24) is 4.31 Å². The molecule has 1 N–H and O–H groups in total. The molecule has 0 radical (unpaired) electrons. The van der Waals surface area contributed by atoms with Crippen molar-refractivity contribution in [2.75, 3.05) is 18.4 Å². The third-order valence-electron chi connectivity index (χ3n) is 4.77. The Morgan fingerprint density at radius 3 is 2.18 bits per heavy atom. The van der Waals surface area contributed by atoms with Gasteiger partial charge in [0.2, 0.25) is 10.0 Å². The highest BCUT2D eigenvalue weighted by molar-refractivity contribution is 7.88. The summed E-state index contributed by atoms with van der Waals surface area (Å²) in [5.41, 5.74) is 2.66. The van der Waals surface area contributed by atoms with Crippen LogP contribution in [0.25, 0.3) is 0 Å². The number of piperidine rings is 1. The van der Waals surface area contributed by atoms with E-state index in [4.69, 9.17) is 5.26 Å². The molecule has 0 saturated carbocycles. The van der Waals surface area contributed by atoms with E-state index in [1.54, 1.807) is 52.8 Å². The number of anilines is 1. The Balaban J connectivity index is 1.61. The molecule has 7 heteroatoms. The Morgan fingerprint density at radius 1 is 0.964 bits per heavy atom. The van der Waals surface area contributed by atoms with Crippen molar-refractivity contribution in [3.8, 4) is 6.07 Å². The quantitative estimate of drug-likeness (QED) is 0.810. The molecule has 1 saturated heterocycles. The summed E-state index contributed by atoms with van der Waals surface area (Å²) in [4.78, 5) is 12.4. The summed E-state index contributed by atoms with van der Waals surface area (Å²) in [5.74, 6) is -0.312. The standard InChI is InChI=1S/C21H23N3O3S/c22-13-12-17-6-10-20(11-7-17)23-21(25)19-8-4-18(5-9-19)16-28(26,27)24-14-2-1-3-15-24/h4-11H,1-3,12,14-16H2,(H,23,25). The smallest absolute Gasteiger partial charge is 0.255 e. The maximum Gasteiger partial charge on any atom is 0.255 e. The summed E-state index contributed by atoms with van der Waals surface area (Å²) in [6.45, 7) is 1.19.